The van der Waals surface area contributed by atoms with Crippen molar-refractivity contribution in [3.05, 3.63) is 262 Å². The fraction of sp³-hybridized carbons (Fsp3) is 0.104. The fourth-order valence-electron chi connectivity index (χ4n) is 12.4. The van der Waals surface area contributed by atoms with E-state index in [1.165, 1.54) is 133 Å². The first kappa shape index (κ1) is 41.0. The van der Waals surface area contributed by atoms with Crippen LogP contribution in [0.5, 0.6) is 0 Å². The fourth-order valence-corrected chi connectivity index (χ4v) is 12.4. The average Bonchev–Trinajstić information content (AvgIpc) is 3.81. The molecule has 11 aromatic rings. The maximum Gasteiger partial charge on any atom is 0.0731 e. The first-order chi connectivity index (χ1) is 33.6. The van der Waals surface area contributed by atoms with Gasteiger partial charge in [-0.25, -0.2) is 0 Å². The Morgan fingerprint density at radius 3 is 1.52 bits per heavy atom. The summed E-state index contributed by atoms with van der Waals surface area (Å²) in [5.41, 5.74) is 24.5. The van der Waals surface area contributed by atoms with E-state index in [1.807, 2.05) is 0 Å². The highest BCUT2D eigenvalue weighted by Gasteiger charge is 2.53. The molecule has 330 valence electrons. The molecule has 0 N–H and O–H groups in total. The van der Waals surface area contributed by atoms with Crippen molar-refractivity contribution in [1.29, 1.82) is 0 Å². The van der Waals surface area contributed by atoms with Gasteiger partial charge in [0.1, 0.15) is 0 Å². The Labute approximate surface area is 405 Å². The summed E-state index contributed by atoms with van der Waals surface area (Å²) in [5.74, 6) is 0. The van der Waals surface area contributed by atoms with Gasteiger partial charge in [0.15, 0.2) is 0 Å². The highest BCUT2D eigenvalue weighted by Crippen LogP contribution is 2.65. The van der Waals surface area contributed by atoms with Crippen LogP contribution in [0, 0.1) is 41.5 Å². The highest BCUT2D eigenvalue weighted by molar-refractivity contribution is 6.11. The summed E-state index contributed by atoms with van der Waals surface area (Å²) in [6, 6.07) is 78.4. The van der Waals surface area contributed by atoms with Crippen LogP contribution >= 0.6 is 0 Å². The van der Waals surface area contributed by atoms with Gasteiger partial charge in [0.05, 0.1) is 5.41 Å². The van der Waals surface area contributed by atoms with Crippen molar-refractivity contribution < 1.29 is 0 Å². The second-order valence-electron chi connectivity index (χ2n) is 19.8. The van der Waals surface area contributed by atoms with E-state index < -0.39 is 5.41 Å². The summed E-state index contributed by atoms with van der Waals surface area (Å²) >= 11 is 0. The van der Waals surface area contributed by atoms with E-state index >= 15 is 0 Å². The van der Waals surface area contributed by atoms with Crippen LogP contribution in [-0.4, -0.2) is 0 Å². The molecule has 69 heavy (non-hydrogen) atoms. The number of para-hydroxylation sites is 2. The second kappa shape index (κ2) is 15.4. The Morgan fingerprint density at radius 1 is 0.304 bits per heavy atom. The molecule has 1 spiro atoms. The summed E-state index contributed by atoms with van der Waals surface area (Å²) in [5, 5.41) is 7.51. The van der Waals surface area contributed by atoms with Gasteiger partial charge in [0.25, 0.3) is 0 Å². The SMILES string of the molecule is Cc1cc(C)cc(N(c2ccc3cc4c(cc3c2)C2(c3ccccc3-c3c2ccc2ccccc32)c2c-4ccc3cc(N(c4cc(C)cc(C)c4)c4ccccc4C)ccc23)c2ccccc2C)c1. The van der Waals surface area contributed by atoms with E-state index in [2.05, 4.69) is 258 Å². The lowest BCUT2D eigenvalue weighted by Crippen LogP contribution is -2.26. The molecule has 0 bridgehead atoms. The third-order valence-electron chi connectivity index (χ3n) is 15.1. The summed E-state index contributed by atoms with van der Waals surface area (Å²) in [6.45, 7) is 13.2. The van der Waals surface area contributed by atoms with Gasteiger partial charge < -0.3 is 9.80 Å². The van der Waals surface area contributed by atoms with Crippen LogP contribution in [0.25, 0.3) is 54.6 Å². The maximum atomic E-state index is 2.55. The van der Waals surface area contributed by atoms with Crippen molar-refractivity contribution in [2.45, 2.75) is 47.0 Å². The zero-order valence-corrected chi connectivity index (χ0v) is 40.0. The van der Waals surface area contributed by atoms with E-state index in [1.54, 1.807) is 0 Å². The van der Waals surface area contributed by atoms with Gasteiger partial charge in [0, 0.05) is 34.1 Å². The van der Waals surface area contributed by atoms with E-state index in [-0.39, 0.29) is 0 Å². The smallest absolute Gasteiger partial charge is 0.0731 e. The minimum Gasteiger partial charge on any atom is -0.310 e. The Morgan fingerprint density at radius 2 is 0.855 bits per heavy atom. The van der Waals surface area contributed by atoms with Crippen LogP contribution in [0.4, 0.5) is 34.1 Å². The molecule has 1 unspecified atom stereocenters. The number of hydrogen-bond acceptors (Lipinski definition) is 2. The molecular formula is C67H52N2. The average molecular weight is 885 g/mol. The Hall–Kier alpha value is -8.20. The van der Waals surface area contributed by atoms with E-state index in [4.69, 9.17) is 0 Å². The lowest BCUT2D eigenvalue weighted by Gasteiger charge is -2.32. The van der Waals surface area contributed by atoms with E-state index in [9.17, 15) is 0 Å². The summed E-state index contributed by atoms with van der Waals surface area (Å²) in [7, 11) is 0. The predicted molar refractivity (Wildman–Crippen MR) is 293 cm³/mol. The number of nitrogens with zero attached hydrogens (tertiary/aromatic N) is 2. The second-order valence-corrected chi connectivity index (χ2v) is 19.8. The lowest BCUT2D eigenvalue weighted by molar-refractivity contribution is 0.803. The van der Waals surface area contributed by atoms with Gasteiger partial charge >= 0.3 is 0 Å². The van der Waals surface area contributed by atoms with Crippen LogP contribution in [0.1, 0.15) is 55.6 Å². The van der Waals surface area contributed by atoms with Crippen molar-refractivity contribution in [3.63, 3.8) is 0 Å². The van der Waals surface area contributed by atoms with Crippen molar-refractivity contribution >= 4 is 66.4 Å². The molecule has 2 aliphatic rings. The molecule has 0 fully saturated rings. The van der Waals surface area contributed by atoms with Gasteiger partial charge in [-0.05, 0) is 225 Å². The van der Waals surface area contributed by atoms with Crippen molar-refractivity contribution in [1.82, 2.24) is 0 Å². The summed E-state index contributed by atoms with van der Waals surface area (Å²) < 4.78 is 0. The molecule has 13 rings (SSSR count). The predicted octanol–water partition coefficient (Wildman–Crippen LogP) is 18.3. The number of benzene rings is 11. The van der Waals surface area contributed by atoms with Gasteiger partial charge in [-0.3, -0.25) is 0 Å². The molecule has 0 heterocycles. The topological polar surface area (TPSA) is 6.48 Å². The molecule has 1 atom stereocenters. The molecule has 0 aliphatic heterocycles. The van der Waals surface area contributed by atoms with Crippen molar-refractivity contribution in [2.24, 2.45) is 0 Å². The first-order valence-electron chi connectivity index (χ1n) is 24.3. The van der Waals surface area contributed by atoms with Crippen LogP contribution in [0.2, 0.25) is 0 Å². The van der Waals surface area contributed by atoms with E-state index in [0.717, 1.165) is 11.4 Å². The maximum absolute atomic E-state index is 2.55. The number of fused-ring (bicyclic) bond motifs is 15. The quantitative estimate of drug-likeness (QED) is 0.164. The minimum absolute atomic E-state index is 0.571. The van der Waals surface area contributed by atoms with Crippen LogP contribution in [-0.2, 0) is 5.41 Å². The first-order valence-corrected chi connectivity index (χ1v) is 24.3. The van der Waals surface area contributed by atoms with Gasteiger partial charge in [-0.2, -0.15) is 0 Å². The largest absolute Gasteiger partial charge is 0.310 e. The number of aryl methyl sites for hydroxylation is 6. The van der Waals surface area contributed by atoms with Crippen molar-refractivity contribution in [2.75, 3.05) is 9.80 Å². The molecule has 0 amide bonds. The molecule has 11 aromatic carbocycles. The monoisotopic (exact) mass is 884 g/mol. The molecule has 0 saturated heterocycles. The van der Waals surface area contributed by atoms with Gasteiger partial charge in [-0.1, -0.05) is 133 Å². The third-order valence-corrected chi connectivity index (χ3v) is 15.1. The Balaban J connectivity index is 1.09. The summed E-state index contributed by atoms with van der Waals surface area (Å²) in [6.07, 6.45) is 0. The van der Waals surface area contributed by atoms with Crippen LogP contribution in [0.15, 0.2) is 206 Å². The Kier molecular flexibility index (Phi) is 9.17. The highest BCUT2D eigenvalue weighted by atomic mass is 15.1. The standard InChI is InChI=1S/C67H52N2/c1-41-31-42(2)34-53(33-41)68(63-21-13-7-15-45(63)5)51-26-23-48-39-59-57-28-24-49-37-52(69(64-22-14-8-16-46(64)6)54-35-43(3)32-44(4)36-54)27-29-56(49)66(57)67(62(59)40-50(48)38-51)60-20-12-11-19-58(60)65-55-18-10-9-17-47(55)25-30-61(65)67/h7-40H,1-6H3. The van der Waals surface area contributed by atoms with E-state index in [0.29, 0.717) is 0 Å². The van der Waals surface area contributed by atoms with Crippen LogP contribution in [0.3, 0.4) is 0 Å². The zero-order valence-electron chi connectivity index (χ0n) is 40.0. The molecule has 2 aliphatic carbocycles. The number of anilines is 6. The number of rotatable bonds is 6. The molecule has 0 aromatic heterocycles. The van der Waals surface area contributed by atoms with Gasteiger partial charge in [-0.15, -0.1) is 0 Å². The lowest BCUT2D eigenvalue weighted by atomic mass is 9.69. The zero-order chi connectivity index (χ0) is 46.7. The van der Waals surface area contributed by atoms with Crippen LogP contribution < -0.4 is 9.80 Å². The molecule has 0 radical (unpaired) electrons. The normalized spacial score (nSPS) is 14.3. The Bertz CT molecular complexity index is 3910. The molecule has 2 heteroatoms. The molecular weight excluding hydrogens is 833 g/mol. The van der Waals surface area contributed by atoms with Crippen molar-refractivity contribution in [3.8, 4) is 22.3 Å². The van der Waals surface area contributed by atoms with Gasteiger partial charge in [0.2, 0.25) is 0 Å². The molecule has 0 saturated carbocycles. The molecule has 2 nitrogen and oxygen atoms in total. The minimum atomic E-state index is -0.571. The number of hydrogen-bond donors (Lipinski definition) is 0. The third kappa shape index (κ3) is 6.18. The summed E-state index contributed by atoms with van der Waals surface area (Å²) in [4.78, 5) is 4.89.